The van der Waals surface area contributed by atoms with E-state index in [9.17, 15) is 23.6 Å². The van der Waals surface area contributed by atoms with Gasteiger partial charge < -0.3 is 9.80 Å². The van der Waals surface area contributed by atoms with Gasteiger partial charge in [0.05, 0.1) is 21.7 Å². The van der Waals surface area contributed by atoms with Crippen LogP contribution in [0.4, 0.5) is 4.39 Å². The molecule has 7 nitrogen and oxygen atoms in total. The summed E-state index contributed by atoms with van der Waals surface area (Å²) < 4.78 is 13.2. The zero-order chi connectivity index (χ0) is 23.0. The van der Waals surface area contributed by atoms with E-state index >= 15 is 0 Å². The number of carbonyl (C=O) groups is 4. The quantitative estimate of drug-likeness (QED) is 0.661. The van der Waals surface area contributed by atoms with Gasteiger partial charge in [-0.3, -0.25) is 24.1 Å². The molecule has 0 bridgehead atoms. The molecule has 2 aliphatic rings. The second-order valence-electron chi connectivity index (χ2n) is 7.86. The van der Waals surface area contributed by atoms with E-state index in [1.54, 1.807) is 28.0 Å². The lowest BCUT2D eigenvalue weighted by Gasteiger charge is -2.35. The Labute approximate surface area is 189 Å². The summed E-state index contributed by atoms with van der Waals surface area (Å²) in [5.74, 6) is -1.79. The van der Waals surface area contributed by atoms with Gasteiger partial charge in [0.25, 0.3) is 17.7 Å². The lowest BCUT2D eigenvalue weighted by Crippen LogP contribution is -2.51. The van der Waals surface area contributed by atoms with E-state index in [2.05, 4.69) is 0 Å². The first-order valence-corrected chi connectivity index (χ1v) is 10.6. The van der Waals surface area contributed by atoms with Gasteiger partial charge in [-0.25, -0.2) is 4.39 Å². The van der Waals surface area contributed by atoms with Gasteiger partial charge in [-0.05, 0) is 37.3 Å². The third-order valence-electron chi connectivity index (χ3n) is 5.76. The number of fused-ring (bicyclic) bond motifs is 1. The summed E-state index contributed by atoms with van der Waals surface area (Å²) in [5.41, 5.74) is 1.83. The summed E-state index contributed by atoms with van der Waals surface area (Å²) in [6.07, 6.45) is 0.0161. The number of hydrogen-bond donors (Lipinski definition) is 0. The van der Waals surface area contributed by atoms with Crippen LogP contribution in [0, 0.1) is 12.7 Å². The number of hydrogen-bond acceptors (Lipinski definition) is 4. The highest BCUT2D eigenvalue weighted by atomic mass is 35.5. The van der Waals surface area contributed by atoms with Crippen molar-refractivity contribution >= 4 is 35.2 Å². The van der Waals surface area contributed by atoms with E-state index in [0.29, 0.717) is 37.3 Å². The van der Waals surface area contributed by atoms with Crippen molar-refractivity contribution in [3.8, 4) is 0 Å². The minimum atomic E-state index is -0.518. The average molecular weight is 458 g/mol. The standard InChI is InChI=1S/C23H21ClFN3O4/c1-14-2-4-16-18(12-14)23(32)28(22(16)31)7-6-20(29)26-8-10-27(11-9-26)21(30)17-5-3-15(25)13-19(17)24/h2-5,12-13H,6-11H2,1H3. The van der Waals surface area contributed by atoms with Crippen LogP contribution in [0.5, 0.6) is 0 Å². The molecule has 0 aliphatic carbocycles. The Morgan fingerprint density at radius 1 is 0.938 bits per heavy atom. The fourth-order valence-electron chi connectivity index (χ4n) is 3.97. The molecule has 2 heterocycles. The van der Waals surface area contributed by atoms with Gasteiger partial charge in [-0.1, -0.05) is 23.2 Å². The molecule has 0 spiro atoms. The summed E-state index contributed by atoms with van der Waals surface area (Å²) in [6.45, 7) is 3.12. The minimum absolute atomic E-state index is 0.00849. The van der Waals surface area contributed by atoms with Crippen LogP contribution in [0.1, 0.15) is 43.1 Å². The molecule has 4 amide bonds. The van der Waals surface area contributed by atoms with E-state index in [1.807, 2.05) is 6.92 Å². The van der Waals surface area contributed by atoms with Gasteiger partial charge in [0.15, 0.2) is 0 Å². The van der Waals surface area contributed by atoms with Crippen LogP contribution in [-0.4, -0.2) is 71.1 Å². The second-order valence-corrected chi connectivity index (χ2v) is 8.27. The molecule has 4 rings (SSSR count). The summed E-state index contributed by atoms with van der Waals surface area (Å²) in [4.78, 5) is 54.6. The van der Waals surface area contributed by atoms with Crippen molar-refractivity contribution in [2.45, 2.75) is 13.3 Å². The van der Waals surface area contributed by atoms with Crippen molar-refractivity contribution in [1.29, 1.82) is 0 Å². The lowest BCUT2D eigenvalue weighted by atomic mass is 10.1. The molecular weight excluding hydrogens is 437 g/mol. The number of amides is 4. The number of halogens is 2. The van der Waals surface area contributed by atoms with Crippen LogP contribution in [-0.2, 0) is 4.79 Å². The van der Waals surface area contributed by atoms with E-state index in [-0.39, 0.29) is 47.2 Å². The van der Waals surface area contributed by atoms with E-state index < -0.39 is 5.82 Å². The van der Waals surface area contributed by atoms with Crippen molar-refractivity contribution < 1.29 is 23.6 Å². The van der Waals surface area contributed by atoms with Crippen molar-refractivity contribution in [3.05, 3.63) is 69.5 Å². The van der Waals surface area contributed by atoms with Gasteiger partial charge in [-0.15, -0.1) is 0 Å². The van der Waals surface area contributed by atoms with Crippen molar-refractivity contribution in [3.63, 3.8) is 0 Å². The fourth-order valence-corrected chi connectivity index (χ4v) is 4.21. The van der Waals surface area contributed by atoms with Crippen molar-refractivity contribution in [1.82, 2.24) is 14.7 Å². The van der Waals surface area contributed by atoms with Crippen LogP contribution < -0.4 is 0 Å². The Morgan fingerprint density at radius 3 is 2.28 bits per heavy atom. The zero-order valence-corrected chi connectivity index (χ0v) is 18.2. The maximum absolute atomic E-state index is 13.2. The number of carbonyl (C=O) groups excluding carboxylic acids is 4. The molecule has 2 aromatic rings. The van der Waals surface area contributed by atoms with Crippen LogP contribution >= 0.6 is 11.6 Å². The highest BCUT2D eigenvalue weighted by Gasteiger charge is 2.36. The molecule has 166 valence electrons. The van der Waals surface area contributed by atoms with Crippen LogP contribution in [0.25, 0.3) is 0 Å². The Bertz CT molecular complexity index is 1130. The van der Waals surface area contributed by atoms with Gasteiger partial charge in [0, 0.05) is 39.1 Å². The monoisotopic (exact) mass is 457 g/mol. The van der Waals surface area contributed by atoms with Gasteiger partial charge >= 0.3 is 0 Å². The normalized spacial score (nSPS) is 15.9. The molecule has 9 heteroatoms. The molecule has 2 aliphatic heterocycles. The minimum Gasteiger partial charge on any atom is -0.339 e. The Kier molecular flexibility index (Phi) is 5.97. The number of nitrogens with zero attached hydrogens (tertiary/aromatic N) is 3. The molecule has 0 N–H and O–H groups in total. The Morgan fingerprint density at radius 2 is 1.59 bits per heavy atom. The topological polar surface area (TPSA) is 78.0 Å². The van der Waals surface area contributed by atoms with E-state index in [0.717, 1.165) is 16.5 Å². The number of imide groups is 1. The lowest BCUT2D eigenvalue weighted by molar-refractivity contribution is -0.132. The zero-order valence-electron chi connectivity index (χ0n) is 17.4. The van der Waals surface area contributed by atoms with Gasteiger partial charge in [0.1, 0.15) is 5.82 Å². The van der Waals surface area contributed by atoms with Gasteiger partial charge in [-0.2, -0.15) is 0 Å². The van der Waals surface area contributed by atoms with E-state index in [1.165, 1.54) is 12.1 Å². The largest absolute Gasteiger partial charge is 0.339 e. The molecule has 0 atom stereocenters. The SMILES string of the molecule is Cc1ccc2c(c1)C(=O)N(CCC(=O)N1CCN(C(=O)c3ccc(F)cc3Cl)CC1)C2=O. The summed E-state index contributed by atoms with van der Waals surface area (Å²) in [5, 5.41) is 0.0460. The molecule has 0 radical (unpaired) electrons. The van der Waals surface area contributed by atoms with E-state index in [4.69, 9.17) is 11.6 Å². The Balaban J connectivity index is 1.31. The number of aryl methyl sites for hydroxylation is 1. The summed E-state index contributed by atoms with van der Waals surface area (Å²) in [7, 11) is 0. The molecule has 1 saturated heterocycles. The molecule has 32 heavy (non-hydrogen) atoms. The van der Waals surface area contributed by atoms with Crippen molar-refractivity contribution in [2.75, 3.05) is 32.7 Å². The molecule has 0 saturated carbocycles. The first-order chi connectivity index (χ1) is 15.3. The first kappa shape index (κ1) is 22.0. The maximum Gasteiger partial charge on any atom is 0.261 e. The molecule has 0 unspecified atom stereocenters. The highest BCUT2D eigenvalue weighted by Crippen LogP contribution is 2.24. The third kappa shape index (κ3) is 4.10. The predicted octanol–water partition coefficient (Wildman–Crippen LogP) is 2.76. The smallest absolute Gasteiger partial charge is 0.261 e. The van der Waals surface area contributed by atoms with Gasteiger partial charge in [0.2, 0.25) is 5.91 Å². The molecular formula is C23H21ClFN3O4. The first-order valence-electron chi connectivity index (χ1n) is 10.2. The number of piperazine rings is 1. The van der Waals surface area contributed by atoms with Crippen molar-refractivity contribution in [2.24, 2.45) is 0 Å². The average Bonchev–Trinajstić information content (AvgIpc) is 3.01. The van der Waals surface area contributed by atoms with Crippen LogP contribution in [0.2, 0.25) is 5.02 Å². The Hall–Kier alpha value is -3.26. The number of benzene rings is 2. The molecule has 0 aromatic heterocycles. The van der Waals surface area contributed by atoms with Crippen LogP contribution in [0.3, 0.4) is 0 Å². The fraction of sp³-hybridized carbons (Fsp3) is 0.304. The van der Waals surface area contributed by atoms with Crippen LogP contribution in [0.15, 0.2) is 36.4 Å². The highest BCUT2D eigenvalue weighted by molar-refractivity contribution is 6.33. The predicted molar refractivity (Wildman–Crippen MR) is 115 cm³/mol. The maximum atomic E-state index is 13.2. The summed E-state index contributed by atoms with van der Waals surface area (Å²) in [6, 6.07) is 8.71. The second kappa shape index (κ2) is 8.70. The molecule has 1 fully saturated rings. The third-order valence-corrected chi connectivity index (χ3v) is 6.07. The molecule has 2 aromatic carbocycles. The summed E-state index contributed by atoms with van der Waals surface area (Å²) >= 11 is 5.98. The number of rotatable bonds is 4.